The molecule has 8 nitrogen and oxygen atoms in total. The van der Waals surface area contributed by atoms with Crippen LogP contribution in [0.25, 0.3) is 0 Å². The van der Waals surface area contributed by atoms with Crippen LogP contribution in [0, 0.1) is 0 Å². The van der Waals surface area contributed by atoms with Crippen LogP contribution < -0.4 is 9.62 Å². The first kappa shape index (κ1) is 18.7. The summed E-state index contributed by atoms with van der Waals surface area (Å²) in [5, 5.41) is 1.56. The number of fused-ring (bicyclic) bond motifs is 1. The largest absolute Gasteiger partial charge is 0.465 e. The Labute approximate surface area is 156 Å². The van der Waals surface area contributed by atoms with Gasteiger partial charge in [0.2, 0.25) is 16.0 Å². The van der Waals surface area contributed by atoms with Crippen molar-refractivity contribution in [2.24, 2.45) is 0 Å². The number of methoxy groups -OCH3 is 1. The SMILES string of the molecule is COC(=O)c1sccc1S(=O)(=O)NC1CCc2nc(N(C)C)ncc2C1. The average Bonchev–Trinajstić information content (AvgIpc) is 3.11. The van der Waals surface area contributed by atoms with E-state index in [9.17, 15) is 13.2 Å². The number of carbonyl (C=O) groups is 1. The van der Waals surface area contributed by atoms with Crippen LogP contribution in [-0.2, 0) is 27.6 Å². The Kier molecular flexibility index (Phi) is 5.26. The average molecular weight is 396 g/mol. The summed E-state index contributed by atoms with van der Waals surface area (Å²) in [4.78, 5) is 22.4. The topological polar surface area (TPSA) is 101 Å². The third kappa shape index (κ3) is 3.71. The minimum atomic E-state index is -3.82. The second-order valence-corrected chi connectivity index (χ2v) is 8.80. The van der Waals surface area contributed by atoms with E-state index < -0.39 is 16.0 Å². The summed E-state index contributed by atoms with van der Waals surface area (Å²) in [5.74, 6) is -0.0113. The quantitative estimate of drug-likeness (QED) is 0.759. The third-order valence-electron chi connectivity index (χ3n) is 4.15. The van der Waals surface area contributed by atoms with Gasteiger partial charge in [-0.2, -0.15) is 0 Å². The fraction of sp³-hybridized carbons (Fsp3) is 0.438. The number of aromatic nitrogens is 2. The zero-order chi connectivity index (χ0) is 18.9. The van der Waals surface area contributed by atoms with Crippen molar-refractivity contribution in [3.05, 3.63) is 33.8 Å². The third-order valence-corrected chi connectivity index (χ3v) is 6.74. The molecule has 10 heteroatoms. The Bertz CT molecular complexity index is 924. The number of sulfonamides is 1. The molecule has 0 saturated carbocycles. The van der Waals surface area contributed by atoms with E-state index in [1.54, 1.807) is 11.6 Å². The first-order chi connectivity index (χ1) is 12.3. The van der Waals surface area contributed by atoms with Gasteiger partial charge in [0.15, 0.2) is 0 Å². The van der Waals surface area contributed by atoms with E-state index in [0.717, 1.165) is 22.6 Å². The maximum Gasteiger partial charge on any atom is 0.349 e. The van der Waals surface area contributed by atoms with Crippen molar-refractivity contribution < 1.29 is 17.9 Å². The summed E-state index contributed by atoms with van der Waals surface area (Å²) in [6.07, 6.45) is 3.57. The van der Waals surface area contributed by atoms with Crippen LogP contribution in [0.3, 0.4) is 0 Å². The lowest BCUT2D eigenvalue weighted by molar-refractivity contribution is 0.0602. The number of hydrogen-bond donors (Lipinski definition) is 1. The molecular formula is C16H20N4O4S2. The summed E-state index contributed by atoms with van der Waals surface area (Å²) in [6, 6.07) is 1.15. The predicted molar refractivity (Wildman–Crippen MR) is 98.2 cm³/mol. The van der Waals surface area contributed by atoms with E-state index >= 15 is 0 Å². The fourth-order valence-corrected chi connectivity index (χ4v) is 5.45. The highest BCUT2D eigenvalue weighted by Crippen LogP contribution is 2.26. The number of aryl methyl sites for hydroxylation is 1. The monoisotopic (exact) mass is 396 g/mol. The van der Waals surface area contributed by atoms with Crippen molar-refractivity contribution in [1.82, 2.24) is 14.7 Å². The molecular weight excluding hydrogens is 376 g/mol. The van der Waals surface area contributed by atoms with E-state index in [0.29, 0.717) is 25.2 Å². The molecule has 0 amide bonds. The van der Waals surface area contributed by atoms with Gasteiger partial charge in [0.1, 0.15) is 9.77 Å². The molecule has 1 aliphatic rings. The smallest absolute Gasteiger partial charge is 0.349 e. The van der Waals surface area contributed by atoms with Gasteiger partial charge in [0.05, 0.1) is 7.11 Å². The molecule has 1 unspecified atom stereocenters. The van der Waals surface area contributed by atoms with Crippen LogP contribution in [0.15, 0.2) is 22.5 Å². The minimum Gasteiger partial charge on any atom is -0.465 e. The molecule has 140 valence electrons. The van der Waals surface area contributed by atoms with Crippen molar-refractivity contribution in [2.45, 2.75) is 30.2 Å². The number of thiophene rings is 1. The lowest BCUT2D eigenvalue weighted by Gasteiger charge is -2.25. The summed E-state index contributed by atoms with van der Waals surface area (Å²) in [7, 11) is 1.16. The summed E-state index contributed by atoms with van der Waals surface area (Å²) < 4.78 is 32.8. The Morgan fingerprint density at radius 1 is 1.42 bits per heavy atom. The van der Waals surface area contributed by atoms with E-state index in [4.69, 9.17) is 0 Å². The zero-order valence-corrected chi connectivity index (χ0v) is 16.4. The molecule has 1 aliphatic carbocycles. The van der Waals surface area contributed by atoms with Gasteiger partial charge in [-0.1, -0.05) is 0 Å². The highest BCUT2D eigenvalue weighted by molar-refractivity contribution is 7.89. The van der Waals surface area contributed by atoms with Crippen LogP contribution >= 0.6 is 11.3 Å². The fourth-order valence-electron chi connectivity index (χ4n) is 2.85. The van der Waals surface area contributed by atoms with Gasteiger partial charge in [-0.15, -0.1) is 11.3 Å². The van der Waals surface area contributed by atoms with Crippen molar-refractivity contribution in [3.63, 3.8) is 0 Å². The first-order valence-corrected chi connectivity index (χ1v) is 10.4. The van der Waals surface area contributed by atoms with Crippen LogP contribution in [0.1, 0.15) is 27.3 Å². The number of nitrogens with zero attached hydrogens (tertiary/aromatic N) is 3. The second kappa shape index (κ2) is 7.29. The van der Waals surface area contributed by atoms with Crippen LogP contribution in [0.5, 0.6) is 0 Å². The molecule has 0 bridgehead atoms. The number of carbonyl (C=O) groups excluding carboxylic acids is 1. The summed E-state index contributed by atoms with van der Waals surface area (Å²) >= 11 is 1.05. The molecule has 0 radical (unpaired) electrons. The molecule has 26 heavy (non-hydrogen) atoms. The number of nitrogens with one attached hydrogen (secondary N) is 1. The van der Waals surface area contributed by atoms with Crippen LogP contribution in [0.4, 0.5) is 5.95 Å². The van der Waals surface area contributed by atoms with E-state index in [-0.39, 0.29) is 15.8 Å². The van der Waals surface area contributed by atoms with Gasteiger partial charge in [0.25, 0.3) is 0 Å². The lowest BCUT2D eigenvalue weighted by atomic mass is 9.94. The van der Waals surface area contributed by atoms with Gasteiger partial charge in [-0.3, -0.25) is 0 Å². The van der Waals surface area contributed by atoms with E-state index in [1.807, 2.05) is 19.0 Å². The normalized spacial score (nSPS) is 16.8. The molecule has 0 aromatic carbocycles. The molecule has 0 aliphatic heterocycles. The Morgan fingerprint density at radius 3 is 2.88 bits per heavy atom. The van der Waals surface area contributed by atoms with Crippen molar-refractivity contribution in [1.29, 1.82) is 0 Å². The molecule has 1 atom stereocenters. The molecule has 0 fully saturated rings. The summed E-state index contributed by atoms with van der Waals surface area (Å²) in [5.41, 5.74) is 1.89. The lowest BCUT2D eigenvalue weighted by Crippen LogP contribution is -2.39. The van der Waals surface area contributed by atoms with Crippen molar-refractivity contribution in [3.8, 4) is 0 Å². The standard InChI is InChI=1S/C16H20N4O4S2/c1-20(2)16-17-9-10-8-11(4-5-12(10)18-16)19-26(22,23)13-6-7-25-14(13)15(21)24-3/h6-7,9,11,19H,4-5,8H2,1-3H3. The van der Waals surface area contributed by atoms with Gasteiger partial charge in [-0.25, -0.2) is 27.9 Å². The first-order valence-electron chi connectivity index (χ1n) is 8.02. The molecule has 0 saturated heterocycles. The highest BCUT2D eigenvalue weighted by Gasteiger charge is 2.29. The Hall–Kier alpha value is -2.04. The molecule has 1 N–H and O–H groups in total. The Balaban J connectivity index is 1.78. The number of hydrogen-bond acceptors (Lipinski definition) is 8. The number of anilines is 1. The second-order valence-electron chi connectivity index (χ2n) is 6.20. The number of esters is 1. The molecule has 2 heterocycles. The van der Waals surface area contributed by atoms with Crippen molar-refractivity contribution >= 4 is 33.3 Å². The van der Waals surface area contributed by atoms with Crippen LogP contribution in [0.2, 0.25) is 0 Å². The maximum atomic E-state index is 12.7. The van der Waals surface area contributed by atoms with Gasteiger partial charge in [0, 0.05) is 32.0 Å². The van der Waals surface area contributed by atoms with Gasteiger partial charge in [-0.05, 0) is 36.3 Å². The molecule has 2 aromatic rings. The molecule has 2 aromatic heterocycles. The minimum absolute atomic E-state index is 0.0423. The van der Waals surface area contributed by atoms with E-state index in [2.05, 4.69) is 19.4 Å². The van der Waals surface area contributed by atoms with Crippen molar-refractivity contribution in [2.75, 3.05) is 26.1 Å². The van der Waals surface area contributed by atoms with E-state index in [1.165, 1.54) is 13.2 Å². The molecule has 3 rings (SSSR count). The number of ether oxygens (including phenoxy) is 1. The van der Waals surface area contributed by atoms with Gasteiger partial charge >= 0.3 is 5.97 Å². The molecule has 0 spiro atoms. The number of rotatable bonds is 5. The summed E-state index contributed by atoms with van der Waals surface area (Å²) in [6.45, 7) is 0. The predicted octanol–water partition coefficient (Wildman–Crippen LogP) is 1.23. The Morgan fingerprint density at radius 2 is 2.19 bits per heavy atom. The van der Waals surface area contributed by atoms with Gasteiger partial charge < -0.3 is 9.64 Å². The highest BCUT2D eigenvalue weighted by atomic mass is 32.2. The zero-order valence-electron chi connectivity index (χ0n) is 14.7. The van der Waals surface area contributed by atoms with Crippen LogP contribution in [-0.4, -0.2) is 51.6 Å². The maximum absolute atomic E-state index is 12.7.